The van der Waals surface area contributed by atoms with E-state index in [4.69, 9.17) is 4.74 Å². The molecule has 1 aliphatic heterocycles. The van der Waals surface area contributed by atoms with Crippen LogP contribution < -0.4 is 10.6 Å². The number of carboxylic acid groups (broad SMARTS) is 1. The van der Waals surface area contributed by atoms with E-state index in [1.807, 2.05) is 6.92 Å². The zero-order valence-electron chi connectivity index (χ0n) is 11.4. The van der Waals surface area contributed by atoms with Crippen LogP contribution in [0.1, 0.15) is 33.1 Å². The van der Waals surface area contributed by atoms with E-state index in [1.165, 1.54) is 0 Å². The van der Waals surface area contributed by atoms with Crippen LogP contribution in [0, 0.1) is 11.8 Å². The van der Waals surface area contributed by atoms with Gasteiger partial charge in [0, 0.05) is 19.1 Å². The van der Waals surface area contributed by atoms with Crippen molar-refractivity contribution in [1.29, 1.82) is 0 Å². The maximum absolute atomic E-state index is 11.8. The fraction of sp³-hybridized carbons (Fsp3) is 0.846. The van der Waals surface area contributed by atoms with Crippen LogP contribution in [-0.2, 0) is 9.53 Å². The molecule has 2 fully saturated rings. The van der Waals surface area contributed by atoms with Crippen LogP contribution in [0.25, 0.3) is 0 Å². The van der Waals surface area contributed by atoms with E-state index in [2.05, 4.69) is 10.6 Å². The van der Waals surface area contributed by atoms with Gasteiger partial charge in [0.25, 0.3) is 0 Å². The van der Waals surface area contributed by atoms with Gasteiger partial charge in [-0.3, -0.25) is 0 Å². The number of carbonyl (C=O) groups excluding carboxylic acids is 1. The van der Waals surface area contributed by atoms with E-state index in [1.54, 1.807) is 6.92 Å². The standard InChI is InChI=1S/C13H22N2O4/c1-8-9(5-6-19-8)7-14-12(18)15-13(2,11(16)17)10-3-4-10/h8-10H,3-7H2,1-2H3,(H,16,17)(H2,14,15,18). The lowest BCUT2D eigenvalue weighted by atomic mass is 9.96. The number of aliphatic carboxylic acids is 1. The average molecular weight is 270 g/mol. The molecule has 19 heavy (non-hydrogen) atoms. The summed E-state index contributed by atoms with van der Waals surface area (Å²) in [5.74, 6) is -0.616. The van der Waals surface area contributed by atoms with Crippen molar-refractivity contribution in [2.24, 2.45) is 11.8 Å². The maximum Gasteiger partial charge on any atom is 0.329 e. The van der Waals surface area contributed by atoms with Gasteiger partial charge in [-0.1, -0.05) is 0 Å². The predicted octanol–water partition coefficient (Wildman–Crippen LogP) is 0.964. The Morgan fingerprint density at radius 3 is 2.53 bits per heavy atom. The minimum atomic E-state index is -1.15. The fourth-order valence-corrected chi connectivity index (χ4v) is 2.54. The molecule has 3 atom stereocenters. The molecule has 0 radical (unpaired) electrons. The van der Waals surface area contributed by atoms with E-state index in [0.717, 1.165) is 25.9 Å². The van der Waals surface area contributed by atoms with E-state index >= 15 is 0 Å². The summed E-state index contributed by atoms with van der Waals surface area (Å²) < 4.78 is 5.42. The van der Waals surface area contributed by atoms with Crippen LogP contribution in [0.3, 0.4) is 0 Å². The largest absolute Gasteiger partial charge is 0.480 e. The Morgan fingerprint density at radius 2 is 2.05 bits per heavy atom. The number of carboxylic acids is 1. The molecule has 6 nitrogen and oxygen atoms in total. The molecule has 0 aromatic heterocycles. The first-order chi connectivity index (χ1) is 8.93. The number of carbonyl (C=O) groups is 2. The second-order valence-electron chi connectivity index (χ2n) is 5.74. The van der Waals surface area contributed by atoms with Crippen molar-refractivity contribution in [1.82, 2.24) is 10.6 Å². The first-order valence-electron chi connectivity index (χ1n) is 6.84. The summed E-state index contributed by atoms with van der Waals surface area (Å²) in [5, 5.41) is 14.6. The van der Waals surface area contributed by atoms with Gasteiger partial charge in [0.05, 0.1) is 6.10 Å². The molecule has 0 bridgehead atoms. The van der Waals surface area contributed by atoms with Gasteiger partial charge in [-0.25, -0.2) is 9.59 Å². The lowest BCUT2D eigenvalue weighted by molar-refractivity contribution is -0.144. The Bertz CT molecular complexity index is 370. The Morgan fingerprint density at radius 1 is 1.37 bits per heavy atom. The van der Waals surface area contributed by atoms with Crippen LogP contribution in [0.15, 0.2) is 0 Å². The topological polar surface area (TPSA) is 87.7 Å². The van der Waals surface area contributed by atoms with E-state index in [-0.39, 0.29) is 12.0 Å². The van der Waals surface area contributed by atoms with Crippen LogP contribution in [0.2, 0.25) is 0 Å². The van der Waals surface area contributed by atoms with E-state index < -0.39 is 17.5 Å². The lowest BCUT2D eigenvalue weighted by Crippen LogP contribution is -2.57. The van der Waals surface area contributed by atoms with Crippen LogP contribution >= 0.6 is 0 Å². The molecule has 0 aromatic carbocycles. The number of hydrogen-bond acceptors (Lipinski definition) is 3. The molecule has 3 unspecified atom stereocenters. The van der Waals surface area contributed by atoms with Gasteiger partial charge in [0.1, 0.15) is 5.54 Å². The normalized spacial score (nSPS) is 29.6. The predicted molar refractivity (Wildman–Crippen MR) is 68.8 cm³/mol. The summed E-state index contributed by atoms with van der Waals surface area (Å²) in [6, 6.07) is -0.407. The van der Waals surface area contributed by atoms with E-state index in [0.29, 0.717) is 12.5 Å². The Balaban J connectivity index is 1.81. The highest BCUT2D eigenvalue weighted by molar-refractivity contribution is 5.86. The van der Waals surface area contributed by atoms with Crippen molar-refractivity contribution in [3.05, 3.63) is 0 Å². The van der Waals surface area contributed by atoms with Crippen molar-refractivity contribution in [3.8, 4) is 0 Å². The number of amides is 2. The van der Waals surface area contributed by atoms with Gasteiger partial charge < -0.3 is 20.5 Å². The molecule has 108 valence electrons. The third-order valence-electron chi connectivity index (χ3n) is 4.27. The van der Waals surface area contributed by atoms with Crippen LogP contribution in [0.4, 0.5) is 4.79 Å². The van der Waals surface area contributed by atoms with Gasteiger partial charge >= 0.3 is 12.0 Å². The Hall–Kier alpha value is -1.30. The molecular formula is C13H22N2O4. The van der Waals surface area contributed by atoms with Gasteiger partial charge in [-0.2, -0.15) is 0 Å². The minimum Gasteiger partial charge on any atom is -0.480 e. The minimum absolute atomic E-state index is 0.0458. The molecule has 2 amide bonds. The van der Waals surface area contributed by atoms with Crippen molar-refractivity contribution in [3.63, 3.8) is 0 Å². The number of rotatable bonds is 5. The summed E-state index contributed by atoms with van der Waals surface area (Å²) in [6.07, 6.45) is 2.79. The SMILES string of the molecule is CC1OCCC1CNC(=O)NC(C)(C(=O)O)C1CC1. The third kappa shape index (κ3) is 3.18. The highest BCUT2D eigenvalue weighted by Gasteiger charge is 2.48. The van der Waals surface area contributed by atoms with Crippen molar-refractivity contribution >= 4 is 12.0 Å². The lowest BCUT2D eigenvalue weighted by Gasteiger charge is -2.26. The van der Waals surface area contributed by atoms with Gasteiger partial charge in [-0.05, 0) is 39.0 Å². The molecule has 2 rings (SSSR count). The molecule has 0 aromatic rings. The van der Waals surface area contributed by atoms with Crippen molar-refractivity contribution in [2.75, 3.05) is 13.2 Å². The monoisotopic (exact) mass is 270 g/mol. The molecule has 0 spiro atoms. The summed E-state index contributed by atoms with van der Waals surface area (Å²) in [6.45, 7) is 4.81. The first kappa shape index (κ1) is 14.1. The van der Waals surface area contributed by atoms with Crippen LogP contribution in [0.5, 0.6) is 0 Å². The highest BCUT2D eigenvalue weighted by atomic mass is 16.5. The number of hydrogen-bond donors (Lipinski definition) is 3. The second kappa shape index (κ2) is 5.36. The van der Waals surface area contributed by atoms with Gasteiger partial charge in [-0.15, -0.1) is 0 Å². The van der Waals surface area contributed by atoms with Gasteiger partial charge in [0.15, 0.2) is 0 Å². The number of ether oxygens (including phenoxy) is 1. The molecule has 2 aliphatic rings. The molecule has 1 aliphatic carbocycles. The highest BCUT2D eigenvalue weighted by Crippen LogP contribution is 2.39. The summed E-state index contributed by atoms with van der Waals surface area (Å²) >= 11 is 0. The molecule has 1 saturated carbocycles. The van der Waals surface area contributed by atoms with Crippen molar-refractivity contribution < 1.29 is 19.4 Å². The quantitative estimate of drug-likeness (QED) is 0.694. The summed E-state index contributed by atoms with van der Waals surface area (Å²) in [5.41, 5.74) is -1.15. The Labute approximate surface area is 112 Å². The zero-order valence-corrected chi connectivity index (χ0v) is 11.4. The number of nitrogens with one attached hydrogen (secondary N) is 2. The molecular weight excluding hydrogens is 248 g/mol. The smallest absolute Gasteiger partial charge is 0.329 e. The van der Waals surface area contributed by atoms with Gasteiger partial charge in [0.2, 0.25) is 0 Å². The first-order valence-corrected chi connectivity index (χ1v) is 6.84. The molecule has 1 heterocycles. The fourth-order valence-electron chi connectivity index (χ4n) is 2.54. The van der Waals surface area contributed by atoms with Crippen molar-refractivity contribution in [2.45, 2.75) is 44.8 Å². The molecule has 3 N–H and O–H groups in total. The zero-order chi connectivity index (χ0) is 14.0. The number of urea groups is 1. The molecule has 6 heteroatoms. The maximum atomic E-state index is 11.8. The third-order valence-corrected chi connectivity index (χ3v) is 4.27. The van der Waals surface area contributed by atoms with Crippen LogP contribution in [-0.4, -0.2) is 41.9 Å². The Kier molecular flexibility index (Phi) is 3.99. The summed E-state index contributed by atoms with van der Waals surface area (Å²) in [7, 11) is 0. The van der Waals surface area contributed by atoms with E-state index in [9.17, 15) is 14.7 Å². The molecule has 1 saturated heterocycles. The summed E-state index contributed by atoms with van der Waals surface area (Å²) in [4.78, 5) is 23.1. The second-order valence-corrected chi connectivity index (χ2v) is 5.74. The average Bonchev–Trinajstić information content (AvgIpc) is 3.11.